The van der Waals surface area contributed by atoms with Crippen LogP contribution in [0.1, 0.15) is 65.7 Å². The Bertz CT molecular complexity index is 128. The molecule has 0 spiro atoms. The first-order valence-corrected chi connectivity index (χ1v) is 6.61. The van der Waals surface area contributed by atoms with Gasteiger partial charge in [-0.25, -0.2) is 0 Å². The Kier molecular flexibility index (Phi) is 10.4. The second-order valence-corrected chi connectivity index (χ2v) is 4.56. The fourth-order valence-electron chi connectivity index (χ4n) is 1.74. The zero-order chi connectivity index (χ0) is 11.5. The molecule has 0 aromatic rings. The van der Waals surface area contributed by atoms with E-state index in [1.807, 2.05) is 0 Å². The van der Waals surface area contributed by atoms with Gasteiger partial charge in [-0.15, -0.1) is 0 Å². The molecule has 0 aliphatic carbocycles. The van der Waals surface area contributed by atoms with Crippen molar-refractivity contribution >= 4 is 0 Å². The van der Waals surface area contributed by atoms with Crippen LogP contribution in [0.5, 0.6) is 0 Å². The molecule has 0 radical (unpaired) electrons. The van der Waals surface area contributed by atoms with E-state index in [1.54, 1.807) is 0 Å². The van der Waals surface area contributed by atoms with Crippen molar-refractivity contribution in [3.63, 3.8) is 0 Å². The molecule has 92 valence electrons. The predicted octanol–water partition coefficient (Wildman–Crippen LogP) is 3.10. The lowest BCUT2D eigenvalue weighted by Gasteiger charge is -2.20. The van der Waals surface area contributed by atoms with Gasteiger partial charge in [0.25, 0.3) is 0 Å². The number of aliphatic hydroxyl groups excluding tert-OH is 1. The molecule has 2 unspecified atom stereocenters. The van der Waals surface area contributed by atoms with Gasteiger partial charge < -0.3 is 10.4 Å². The first-order chi connectivity index (χ1) is 7.24. The van der Waals surface area contributed by atoms with Crippen LogP contribution < -0.4 is 5.32 Å². The molecule has 0 amide bonds. The summed E-state index contributed by atoms with van der Waals surface area (Å²) >= 11 is 0. The second-order valence-electron chi connectivity index (χ2n) is 4.56. The number of hydrogen-bond acceptors (Lipinski definition) is 2. The zero-order valence-electron chi connectivity index (χ0n) is 10.8. The Hall–Kier alpha value is -0.0800. The molecular formula is C13H29NO. The average molecular weight is 215 g/mol. The number of nitrogens with one attached hydrogen (secondary N) is 1. The molecule has 2 nitrogen and oxygen atoms in total. The Morgan fingerprint density at radius 1 is 1.07 bits per heavy atom. The van der Waals surface area contributed by atoms with E-state index in [9.17, 15) is 5.11 Å². The van der Waals surface area contributed by atoms with Crippen LogP contribution in [0, 0.1) is 0 Å². The maximum absolute atomic E-state index is 9.21. The van der Waals surface area contributed by atoms with Crippen LogP contribution in [0.15, 0.2) is 0 Å². The highest BCUT2D eigenvalue weighted by Gasteiger charge is 2.08. The Labute approximate surface area is 95.5 Å². The van der Waals surface area contributed by atoms with Gasteiger partial charge >= 0.3 is 0 Å². The van der Waals surface area contributed by atoms with Gasteiger partial charge in [-0.2, -0.15) is 0 Å². The van der Waals surface area contributed by atoms with Crippen LogP contribution in [0.4, 0.5) is 0 Å². The van der Waals surface area contributed by atoms with Crippen LogP contribution in [0.3, 0.4) is 0 Å². The summed E-state index contributed by atoms with van der Waals surface area (Å²) in [6.07, 6.45) is 8.80. The largest absolute Gasteiger partial charge is 0.395 e. The summed E-state index contributed by atoms with van der Waals surface area (Å²) in [6, 6.07) is 0.833. The summed E-state index contributed by atoms with van der Waals surface area (Å²) in [6.45, 7) is 6.87. The van der Waals surface area contributed by atoms with Crippen LogP contribution >= 0.6 is 0 Å². The van der Waals surface area contributed by atoms with Crippen LogP contribution in [-0.2, 0) is 0 Å². The standard InChI is InChI=1S/C13H29NO/c1-4-6-7-8-9-10-13(11-15)14-12(3)5-2/h12-15H,4-11H2,1-3H3. The highest BCUT2D eigenvalue weighted by Crippen LogP contribution is 2.08. The highest BCUT2D eigenvalue weighted by atomic mass is 16.3. The summed E-state index contributed by atoms with van der Waals surface area (Å²) in [7, 11) is 0. The summed E-state index contributed by atoms with van der Waals surface area (Å²) in [5.41, 5.74) is 0. The third kappa shape index (κ3) is 8.88. The molecule has 0 fully saturated rings. The van der Waals surface area contributed by atoms with Crippen LogP contribution in [0.25, 0.3) is 0 Å². The van der Waals surface area contributed by atoms with E-state index in [4.69, 9.17) is 0 Å². The smallest absolute Gasteiger partial charge is 0.0584 e. The topological polar surface area (TPSA) is 32.3 Å². The van der Waals surface area contributed by atoms with Crippen molar-refractivity contribution in [2.45, 2.75) is 77.8 Å². The minimum absolute atomic E-state index is 0.276. The monoisotopic (exact) mass is 215 g/mol. The molecule has 0 saturated heterocycles. The lowest BCUT2D eigenvalue weighted by molar-refractivity contribution is 0.222. The van der Waals surface area contributed by atoms with Gasteiger partial charge in [-0.1, -0.05) is 46.0 Å². The summed E-state index contributed by atoms with van der Waals surface area (Å²) in [4.78, 5) is 0. The molecular weight excluding hydrogens is 186 g/mol. The van der Waals surface area contributed by atoms with Crippen molar-refractivity contribution in [1.29, 1.82) is 0 Å². The molecule has 0 bridgehead atoms. The molecule has 0 heterocycles. The van der Waals surface area contributed by atoms with Gasteiger partial charge in [0.1, 0.15) is 0 Å². The van der Waals surface area contributed by atoms with Crippen molar-refractivity contribution < 1.29 is 5.11 Å². The number of aliphatic hydroxyl groups is 1. The molecule has 15 heavy (non-hydrogen) atoms. The quantitative estimate of drug-likeness (QED) is 0.549. The third-order valence-electron chi connectivity index (χ3n) is 3.01. The van der Waals surface area contributed by atoms with Crippen molar-refractivity contribution in [2.75, 3.05) is 6.61 Å². The number of unbranched alkanes of at least 4 members (excludes halogenated alkanes) is 4. The molecule has 0 aromatic carbocycles. The lowest BCUT2D eigenvalue weighted by atomic mass is 10.1. The molecule has 0 aliphatic rings. The van der Waals surface area contributed by atoms with E-state index in [1.165, 1.54) is 32.1 Å². The van der Waals surface area contributed by atoms with Gasteiger partial charge in [-0.3, -0.25) is 0 Å². The molecule has 0 rings (SSSR count). The second kappa shape index (κ2) is 10.4. The predicted molar refractivity (Wildman–Crippen MR) is 67.1 cm³/mol. The average Bonchev–Trinajstić information content (AvgIpc) is 2.26. The minimum atomic E-state index is 0.276. The molecule has 0 saturated carbocycles. The number of hydrogen-bond donors (Lipinski definition) is 2. The van der Waals surface area contributed by atoms with Gasteiger partial charge in [0.15, 0.2) is 0 Å². The van der Waals surface area contributed by atoms with Gasteiger partial charge in [0.2, 0.25) is 0 Å². The summed E-state index contributed by atoms with van der Waals surface area (Å²) < 4.78 is 0. The van der Waals surface area contributed by atoms with Crippen molar-refractivity contribution in [3.8, 4) is 0 Å². The fraction of sp³-hybridized carbons (Fsp3) is 1.00. The lowest BCUT2D eigenvalue weighted by Crippen LogP contribution is -2.38. The maximum Gasteiger partial charge on any atom is 0.0584 e. The van der Waals surface area contributed by atoms with Crippen LogP contribution in [-0.4, -0.2) is 23.8 Å². The molecule has 2 atom stereocenters. The molecule has 2 N–H and O–H groups in total. The van der Waals surface area contributed by atoms with Crippen molar-refractivity contribution in [2.24, 2.45) is 0 Å². The van der Waals surface area contributed by atoms with E-state index >= 15 is 0 Å². The highest BCUT2D eigenvalue weighted by molar-refractivity contribution is 4.69. The van der Waals surface area contributed by atoms with E-state index in [0.29, 0.717) is 12.1 Å². The Morgan fingerprint density at radius 3 is 2.27 bits per heavy atom. The Morgan fingerprint density at radius 2 is 1.73 bits per heavy atom. The SMILES string of the molecule is CCCCCCCC(CO)NC(C)CC. The minimum Gasteiger partial charge on any atom is -0.395 e. The van der Waals surface area contributed by atoms with E-state index in [2.05, 4.69) is 26.1 Å². The van der Waals surface area contributed by atoms with Gasteiger partial charge in [0, 0.05) is 12.1 Å². The van der Waals surface area contributed by atoms with Gasteiger partial charge in [0.05, 0.1) is 6.61 Å². The molecule has 0 aliphatic heterocycles. The van der Waals surface area contributed by atoms with Crippen LogP contribution in [0.2, 0.25) is 0 Å². The molecule has 0 aromatic heterocycles. The summed E-state index contributed by atoms with van der Waals surface area (Å²) in [5.74, 6) is 0. The fourth-order valence-corrected chi connectivity index (χ4v) is 1.74. The number of rotatable bonds is 10. The summed E-state index contributed by atoms with van der Waals surface area (Å²) in [5, 5.41) is 12.7. The van der Waals surface area contributed by atoms with E-state index in [-0.39, 0.29) is 6.61 Å². The van der Waals surface area contributed by atoms with Crippen molar-refractivity contribution in [3.05, 3.63) is 0 Å². The first kappa shape index (κ1) is 14.9. The first-order valence-electron chi connectivity index (χ1n) is 6.61. The normalized spacial score (nSPS) is 15.2. The third-order valence-corrected chi connectivity index (χ3v) is 3.01. The molecule has 2 heteroatoms. The van der Waals surface area contributed by atoms with E-state index in [0.717, 1.165) is 12.8 Å². The van der Waals surface area contributed by atoms with E-state index < -0.39 is 0 Å². The van der Waals surface area contributed by atoms with Crippen molar-refractivity contribution in [1.82, 2.24) is 5.32 Å². The maximum atomic E-state index is 9.21. The zero-order valence-corrected chi connectivity index (χ0v) is 10.8. The van der Waals surface area contributed by atoms with Gasteiger partial charge in [-0.05, 0) is 19.8 Å². The Balaban J connectivity index is 3.44.